The van der Waals surface area contributed by atoms with Crippen molar-refractivity contribution < 1.29 is 19.1 Å². The fraction of sp³-hybridized carbons (Fsp3) is 0.290. The number of amides is 2. The van der Waals surface area contributed by atoms with Crippen molar-refractivity contribution in [1.82, 2.24) is 4.90 Å². The summed E-state index contributed by atoms with van der Waals surface area (Å²) in [4.78, 5) is 29.6. The molecule has 0 spiro atoms. The third kappa shape index (κ3) is 6.02. The Morgan fingerprint density at radius 3 is 2.49 bits per heavy atom. The Hall–Kier alpha value is -4.06. The second kappa shape index (κ2) is 11.3. The lowest BCUT2D eigenvalue weighted by atomic mass is 9.85. The first kappa shape index (κ1) is 24.6. The summed E-state index contributed by atoms with van der Waals surface area (Å²) in [7, 11) is 0. The molecule has 1 heterocycles. The van der Waals surface area contributed by atoms with Crippen LogP contribution in [0.1, 0.15) is 36.0 Å². The number of carbonyl (C=O) groups is 2. The number of rotatable bonds is 8. The Kier molecular flexibility index (Phi) is 7.54. The Bertz CT molecular complexity index is 1270. The highest BCUT2D eigenvalue weighted by Gasteiger charge is 2.36. The highest BCUT2D eigenvalue weighted by atomic mass is 16.7. The maximum atomic E-state index is 14.0. The van der Waals surface area contributed by atoms with Crippen LogP contribution in [0.15, 0.2) is 84.9 Å². The first-order valence-corrected chi connectivity index (χ1v) is 12.8. The number of carbonyl (C=O) groups excluding carboxylic acids is 2. The number of hydrogen-bond donors (Lipinski definition) is 1. The number of aryl methyl sites for hydroxylation is 1. The van der Waals surface area contributed by atoms with E-state index in [9.17, 15) is 9.59 Å². The van der Waals surface area contributed by atoms with E-state index in [-0.39, 0.29) is 30.9 Å². The van der Waals surface area contributed by atoms with Crippen LogP contribution in [0.2, 0.25) is 0 Å². The molecule has 0 aromatic heterocycles. The fourth-order valence-electron chi connectivity index (χ4n) is 5.01. The van der Waals surface area contributed by atoms with Crippen molar-refractivity contribution in [3.63, 3.8) is 0 Å². The quantitative estimate of drug-likeness (QED) is 0.409. The van der Waals surface area contributed by atoms with E-state index in [4.69, 9.17) is 9.47 Å². The minimum atomic E-state index is -0.618. The topological polar surface area (TPSA) is 67.9 Å². The number of nitrogens with one attached hydrogen (secondary N) is 1. The third-order valence-electron chi connectivity index (χ3n) is 6.99. The number of ether oxygens (including phenoxy) is 2. The van der Waals surface area contributed by atoms with Gasteiger partial charge in [0.05, 0.1) is 6.42 Å². The average Bonchev–Trinajstić information content (AvgIpc) is 3.39. The molecule has 2 atom stereocenters. The van der Waals surface area contributed by atoms with Gasteiger partial charge in [-0.1, -0.05) is 72.3 Å². The van der Waals surface area contributed by atoms with Crippen LogP contribution >= 0.6 is 0 Å². The van der Waals surface area contributed by atoms with E-state index in [1.165, 1.54) is 0 Å². The molecule has 0 saturated carbocycles. The van der Waals surface area contributed by atoms with Crippen LogP contribution in [0.5, 0.6) is 11.5 Å². The Morgan fingerprint density at radius 2 is 1.73 bits per heavy atom. The van der Waals surface area contributed by atoms with Crippen molar-refractivity contribution in [3.05, 3.63) is 102 Å². The van der Waals surface area contributed by atoms with E-state index in [0.717, 1.165) is 36.0 Å². The summed E-state index contributed by atoms with van der Waals surface area (Å²) < 4.78 is 10.9. The molecular weight excluding hydrogens is 464 g/mol. The highest BCUT2D eigenvalue weighted by Crippen LogP contribution is 2.35. The zero-order chi connectivity index (χ0) is 25.6. The van der Waals surface area contributed by atoms with Crippen LogP contribution in [0.4, 0.5) is 5.69 Å². The maximum Gasteiger partial charge on any atom is 0.247 e. The van der Waals surface area contributed by atoms with Gasteiger partial charge in [0, 0.05) is 18.3 Å². The van der Waals surface area contributed by atoms with Crippen LogP contribution in [-0.2, 0) is 22.6 Å². The Labute approximate surface area is 217 Å². The van der Waals surface area contributed by atoms with Gasteiger partial charge in [0.1, 0.15) is 6.04 Å². The van der Waals surface area contributed by atoms with Crippen molar-refractivity contribution in [2.24, 2.45) is 5.92 Å². The van der Waals surface area contributed by atoms with Gasteiger partial charge in [0.25, 0.3) is 0 Å². The van der Waals surface area contributed by atoms with Crippen LogP contribution < -0.4 is 14.8 Å². The summed E-state index contributed by atoms with van der Waals surface area (Å²) in [5.41, 5.74) is 3.70. The molecule has 6 nitrogen and oxygen atoms in total. The molecule has 6 heteroatoms. The van der Waals surface area contributed by atoms with Crippen molar-refractivity contribution >= 4 is 17.5 Å². The molecule has 1 N–H and O–H groups in total. The number of hydrogen-bond acceptors (Lipinski definition) is 4. The lowest BCUT2D eigenvalue weighted by molar-refractivity contribution is -0.141. The van der Waals surface area contributed by atoms with Gasteiger partial charge in [-0.3, -0.25) is 9.59 Å². The second-order valence-electron chi connectivity index (χ2n) is 9.72. The molecule has 0 saturated heterocycles. The van der Waals surface area contributed by atoms with Gasteiger partial charge < -0.3 is 19.7 Å². The van der Waals surface area contributed by atoms with E-state index in [0.29, 0.717) is 23.7 Å². The summed E-state index contributed by atoms with van der Waals surface area (Å²) in [6.07, 6.45) is 7.01. The second-order valence-corrected chi connectivity index (χ2v) is 9.72. The number of benzene rings is 3. The lowest BCUT2D eigenvalue weighted by Crippen LogP contribution is -2.51. The maximum absolute atomic E-state index is 14.0. The fourth-order valence-corrected chi connectivity index (χ4v) is 5.01. The molecule has 0 fully saturated rings. The monoisotopic (exact) mass is 496 g/mol. The minimum absolute atomic E-state index is 0.0178. The number of nitrogens with zero attached hydrogens (tertiary/aromatic N) is 1. The number of anilines is 1. The molecule has 37 heavy (non-hydrogen) atoms. The van der Waals surface area contributed by atoms with Crippen LogP contribution in [-0.4, -0.2) is 29.5 Å². The standard InChI is InChI=1S/C31H32N2O4/c1-22-12-14-24(15-13-22)20-33(29(34)18-23-8-4-2-5-9-23)30(25-10-6-3-7-11-25)31(35)32-26-16-17-27-28(19-26)37-21-36-27/h2-6,8-9,12-17,19,25,30H,7,10-11,18,20-21H2,1H3,(H,32,35). The van der Waals surface area contributed by atoms with Gasteiger partial charge in [0.2, 0.25) is 18.6 Å². The summed E-state index contributed by atoms with van der Waals surface area (Å²) >= 11 is 0. The van der Waals surface area contributed by atoms with Gasteiger partial charge >= 0.3 is 0 Å². The predicted octanol–water partition coefficient (Wildman–Crippen LogP) is 5.66. The molecule has 3 aromatic rings. The predicted molar refractivity (Wildman–Crippen MR) is 143 cm³/mol. The summed E-state index contributed by atoms with van der Waals surface area (Å²) in [6, 6.07) is 22.6. The molecule has 190 valence electrons. The van der Waals surface area contributed by atoms with Gasteiger partial charge in [-0.2, -0.15) is 0 Å². The van der Waals surface area contributed by atoms with Crippen LogP contribution in [0.3, 0.4) is 0 Å². The Balaban J connectivity index is 1.46. The minimum Gasteiger partial charge on any atom is -0.454 e. The SMILES string of the molecule is Cc1ccc(CN(C(=O)Cc2ccccc2)C(C(=O)Nc2ccc3c(c2)OCO3)C2CC=CCC2)cc1. The zero-order valence-electron chi connectivity index (χ0n) is 21.1. The van der Waals surface area contributed by atoms with Crippen LogP contribution in [0.25, 0.3) is 0 Å². The average molecular weight is 497 g/mol. The first-order chi connectivity index (χ1) is 18.1. The van der Waals surface area contributed by atoms with E-state index >= 15 is 0 Å². The molecule has 2 amide bonds. The molecule has 3 aromatic carbocycles. The molecule has 1 aliphatic carbocycles. The lowest BCUT2D eigenvalue weighted by Gasteiger charge is -2.37. The molecule has 1 aliphatic heterocycles. The van der Waals surface area contributed by atoms with E-state index < -0.39 is 6.04 Å². The largest absolute Gasteiger partial charge is 0.454 e. The summed E-state index contributed by atoms with van der Waals surface area (Å²) in [5.74, 6) is 1.03. The normalized spacial score (nSPS) is 16.7. The molecule has 2 aliphatic rings. The van der Waals surface area contributed by atoms with Gasteiger partial charge in [0.15, 0.2) is 11.5 Å². The molecular formula is C31H32N2O4. The molecule has 0 bridgehead atoms. The molecule has 2 unspecified atom stereocenters. The van der Waals surface area contributed by atoms with Crippen LogP contribution in [0, 0.1) is 12.8 Å². The third-order valence-corrected chi connectivity index (χ3v) is 6.99. The van der Waals surface area contributed by atoms with Gasteiger partial charge in [-0.15, -0.1) is 0 Å². The van der Waals surface area contributed by atoms with Gasteiger partial charge in [-0.05, 0) is 55.4 Å². The van der Waals surface area contributed by atoms with Crippen molar-refractivity contribution in [2.75, 3.05) is 12.1 Å². The van der Waals surface area contributed by atoms with Crippen molar-refractivity contribution in [3.8, 4) is 11.5 Å². The number of fused-ring (bicyclic) bond motifs is 1. The molecule has 5 rings (SSSR count). The smallest absolute Gasteiger partial charge is 0.247 e. The van der Waals surface area contributed by atoms with E-state index in [1.54, 1.807) is 23.1 Å². The van der Waals surface area contributed by atoms with Crippen molar-refractivity contribution in [2.45, 2.75) is 45.2 Å². The van der Waals surface area contributed by atoms with E-state index in [1.807, 2.05) is 61.5 Å². The van der Waals surface area contributed by atoms with Crippen molar-refractivity contribution in [1.29, 1.82) is 0 Å². The van der Waals surface area contributed by atoms with Gasteiger partial charge in [-0.25, -0.2) is 0 Å². The number of allylic oxidation sites excluding steroid dienone is 2. The summed E-state index contributed by atoms with van der Waals surface area (Å²) in [6.45, 7) is 2.57. The zero-order valence-corrected chi connectivity index (χ0v) is 21.1. The first-order valence-electron chi connectivity index (χ1n) is 12.8. The van der Waals surface area contributed by atoms with E-state index in [2.05, 4.69) is 17.5 Å². The highest BCUT2D eigenvalue weighted by molar-refractivity contribution is 5.98. The Morgan fingerprint density at radius 1 is 0.946 bits per heavy atom. The summed E-state index contributed by atoms with van der Waals surface area (Å²) in [5, 5.41) is 3.07. The molecule has 0 radical (unpaired) electrons.